The number of alkyl halides is 2. The van der Waals surface area contributed by atoms with Gasteiger partial charge in [0.2, 0.25) is 0 Å². The fourth-order valence-electron chi connectivity index (χ4n) is 3.03. The van der Waals surface area contributed by atoms with Crippen LogP contribution in [-0.4, -0.2) is 23.7 Å². The van der Waals surface area contributed by atoms with Crippen molar-refractivity contribution < 1.29 is 19.4 Å². The van der Waals surface area contributed by atoms with E-state index in [0.717, 1.165) is 63.1 Å². The Morgan fingerprint density at radius 3 is 0.964 bits per heavy atom. The van der Waals surface area contributed by atoms with Gasteiger partial charge in [-0.3, -0.25) is 0 Å². The lowest BCUT2D eigenvalue weighted by molar-refractivity contribution is -0.259. The van der Waals surface area contributed by atoms with Crippen LogP contribution in [0.1, 0.15) is 116 Å². The van der Waals surface area contributed by atoms with Crippen molar-refractivity contribution in [2.75, 3.05) is 11.8 Å². The molecule has 0 aromatic carbocycles. The highest BCUT2D eigenvalue weighted by Crippen LogP contribution is 2.12. The van der Waals surface area contributed by atoms with E-state index in [1.165, 1.54) is 51.4 Å². The van der Waals surface area contributed by atoms with E-state index in [0.29, 0.717) is 12.8 Å². The van der Waals surface area contributed by atoms with Gasteiger partial charge in [0, 0.05) is 11.8 Å². The van der Waals surface area contributed by atoms with Crippen LogP contribution in [0.5, 0.6) is 0 Å². The van der Waals surface area contributed by atoms with Gasteiger partial charge in [0.05, 0.1) is 12.8 Å². The first kappa shape index (κ1) is 27.5. The summed E-state index contributed by atoms with van der Waals surface area (Å²) >= 11 is 11.3. The van der Waals surface area contributed by atoms with Gasteiger partial charge >= 0.3 is 11.9 Å². The van der Waals surface area contributed by atoms with Gasteiger partial charge in [0.25, 0.3) is 0 Å². The van der Waals surface area contributed by atoms with Crippen molar-refractivity contribution in [1.82, 2.24) is 0 Å². The molecule has 166 valence electrons. The van der Waals surface area contributed by atoms with Crippen LogP contribution in [0.15, 0.2) is 0 Å². The monoisotopic (exact) mass is 438 g/mol. The number of halogens is 2. The maximum absolute atomic E-state index is 11.6. The molecule has 0 rings (SSSR count). The molecule has 0 aliphatic carbocycles. The van der Waals surface area contributed by atoms with E-state index in [9.17, 15) is 9.59 Å². The third-order valence-electron chi connectivity index (χ3n) is 4.76. The molecular formula is C22H40Cl2O4. The van der Waals surface area contributed by atoms with Crippen LogP contribution in [0.3, 0.4) is 0 Å². The van der Waals surface area contributed by atoms with Gasteiger partial charge in [-0.05, 0) is 25.7 Å². The molecule has 0 heterocycles. The van der Waals surface area contributed by atoms with Crippen LogP contribution in [-0.2, 0) is 19.4 Å². The van der Waals surface area contributed by atoms with E-state index in [2.05, 4.69) is 9.78 Å². The second kappa shape index (κ2) is 22.8. The Morgan fingerprint density at radius 1 is 0.429 bits per heavy atom. The lowest BCUT2D eigenvalue weighted by atomic mass is 10.1. The fraction of sp³-hybridized carbons (Fsp3) is 0.909. The second-order valence-corrected chi connectivity index (χ2v) is 8.20. The van der Waals surface area contributed by atoms with E-state index >= 15 is 0 Å². The minimum absolute atomic E-state index is 0.309. The Labute approximate surface area is 181 Å². The minimum atomic E-state index is -0.451. The molecule has 0 unspecified atom stereocenters. The van der Waals surface area contributed by atoms with Crippen molar-refractivity contribution in [3.63, 3.8) is 0 Å². The second-order valence-electron chi connectivity index (χ2n) is 7.45. The van der Waals surface area contributed by atoms with Gasteiger partial charge in [-0.25, -0.2) is 19.4 Å². The predicted molar refractivity (Wildman–Crippen MR) is 117 cm³/mol. The van der Waals surface area contributed by atoms with Crippen LogP contribution < -0.4 is 0 Å². The number of carbonyl (C=O) groups is 2. The van der Waals surface area contributed by atoms with Gasteiger partial charge in [-0.15, -0.1) is 23.2 Å². The fourth-order valence-corrected chi connectivity index (χ4v) is 3.40. The molecule has 0 N–H and O–H groups in total. The average Bonchev–Trinajstić information content (AvgIpc) is 2.69. The number of rotatable bonds is 20. The average molecular weight is 439 g/mol. The Bertz CT molecular complexity index is 330. The Kier molecular flexibility index (Phi) is 22.4. The molecule has 0 aromatic rings. The van der Waals surface area contributed by atoms with Crippen LogP contribution in [0.2, 0.25) is 0 Å². The summed E-state index contributed by atoms with van der Waals surface area (Å²) in [6.45, 7) is 0. The number of carbonyl (C=O) groups excluding carboxylic acids is 2. The summed E-state index contributed by atoms with van der Waals surface area (Å²) in [6.07, 6.45) is 18.4. The summed E-state index contributed by atoms with van der Waals surface area (Å²) in [7, 11) is 0. The maximum atomic E-state index is 11.6. The summed E-state index contributed by atoms with van der Waals surface area (Å²) in [5.41, 5.74) is 0. The van der Waals surface area contributed by atoms with E-state index < -0.39 is 11.9 Å². The smallest absolute Gasteiger partial charge is 0.247 e. The molecule has 0 saturated heterocycles. The van der Waals surface area contributed by atoms with E-state index in [-0.39, 0.29) is 0 Å². The molecule has 0 aliphatic rings. The number of hydrogen-bond donors (Lipinski definition) is 0. The SMILES string of the molecule is O=C(CCCCCCCCCCCl)OOC(=O)CCCCCCCCCCCl. The third kappa shape index (κ3) is 21.8. The third-order valence-corrected chi connectivity index (χ3v) is 5.29. The molecule has 4 nitrogen and oxygen atoms in total. The molecule has 0 fully saturated rings. The van der Waals surface area contributed by atoms with Crippen molar-refractivity contribution in [3.05, 3.63) is 0 Å². The van der Waals surface area contributed by atoms with Crippen molar-refractivity contribution >= 4 is 35.1 Å². The number of hydrogen-bond acceptors (Lipinski definition) is 4. The highest BCUT2D eigenvalue weighted by Gasteiger charge is 2.09. The molecule has 0 amide bonds. The minimum Gasteiger partial charge on any atom is -0.247 e. The van der Waals surface area contributed by atoms with E-state index in [1.54, 1.807) is 0 Å². The van der Waals surface area contributed by atoms with E-state index in [4.69, 9.17) is 23.2 Å². The van der Waals surface area contributed by atoms with Crippen LogP contribution >= 0.6 is 23.2 Å². The van der Waals surface area contributed by atoms with Gasteiger partial charge in [0.1, 0.15) is 0 Å². The molecule has 0 aromatic heterocycles. The molecule has 0 spiro atoms. The Morgan fingerprint density at radius 2 is 0.679 bits per heavy atom. The zero-order chi connectivity index (χ0) is 20.7. The summed E-state index contributed by atoms with van der Waals surface area (Å²) in [6, 6.07) is 0. The first-order valence-electron chi connectivity index (χ1n) is 11.2. The molecule has 0 saturated carbocycles. The zero-order valence-electron chi connectivity index (χ0n) is 17.5. The van der Waals surface area contributed by atoms with Gasteiger partial charge in [-0.2, -0.15) is 0 Å². The molecule has 6 heteroatoms. The highest BCUT2D eigenvalue weighted by atomic mass is 35.5. The molecule has 28 heavy (non-hydrogen) atoms. The molecular weight excluding hydrogens is 399 g/mol. The van der Waals surface area contributed by atoms with E-state index in [1.807, 2.05) is 0 Å². The summed E-state index contributed by atoms with van der Waals surface area (Å²) in [4.78, 5) is 32.3. The quantitative estimate of drug-likeness (QED) is 0.0854. The molecule has 0 bridgehead atoms. The first-order valence-corrected chi connectivity index (χ1v) is 12.3. The zero-order valence-corrected chi connectivity index (χ0v) is 19.0. The Balaban J connectivity index is 3.32. The van der Waals surface area contributed by atoms with Crippen LogP contribution in [0.25, 0.3) is 0 Å². The Hall–Kier alpha value is -0.480. The summed E-state index contributed by atoms with van der Waals surface area (Å²) in [5.74, 6) is 0.602. The first-order chi connectivity index (χ1) is 13.7. The number of unbranched alkanes of at least 4 members (excludes halogenated alkanes) is 14. The normalized spacial score (nSPS) is 10.8. The van der Waals surface area contributed by atoms with Crippen molar-refractivity contribution in [2.24, 2.45) is 0 Å². The van der Waals surface area contributed by atoms with Crippen molar-refractivity contribution in [2.45, 2.75) is 116 Å². The summed E-state index contributed by atoms with van der Waals surface area (Å²) < 4.78 is 0. The maximum Gasteiger partial charge on any atom is 0.355 e. The molecule has 0 atom stereocenters. The largest absolute Gasteiger partial charge is 0.355 e. The van der Waals surface area contributed by atoms with Crippen LogP contribution in [0, 0.1) is 0 Å². The molecule has 0 radical (unpaired) electrons. The van der Waals surface area contributed by atoms with Gasteiger partial charge < -0.3 is 0 Å². The van der Waals surface area contributed by atoms with Crippen LogP contribution in [0.4, 0.5) is 0 Å². The van der Waals surface area contributed by atoms with Crippen molar-refractivity contribution in [3.8, 4) is 0 Å². The lowest BCUT2D eigenvalue weighted by Gasteiger charge is -2.04. The topological polar surface area (TPSA) is 52.6 Å². The lowest BCUT2D eigenvalue weighted by Crippen LogP contribution is -2.11. The summed E-state index contributed by atoms with van der Waals surface area (Å²) in [5, 5.41) is 0. The van der Waals surface area contributed by atoms with Gasteiger partial charge in [0.15, 0.2) is 0 Å². The van der Waals surface area contributed by atoms with Crippen molar-refractivity contribution in [1.29, 1.82) is 0 Å². The molecule has 0 aliphatic heterocycles. The predicted octanol–water partition coefficient (Wildman–Crippen LogP) is 7.49. The highest BCUT2D eigenvalue weighted by molar-refractivity contribution is 6.18. The standard InChI is InChI=1S/C22H40Cl2O4/c23-19-15-11-7-3-1-5-9-13-17-21(25)27-28-22(26)18-14-10-6-2-4-8-12-16-20-24/h1-20H2. The van der Waals surface area contributed by atoms with Gasteiger partial charge in [-0.1, -0.05) is 77.0 Å².